The third kappa shape index (κ3) is 5.43. The largest absolute Gasteiger partial charge is 0.493 e. The minimum atomic E-state index is -0.424. The van der Waals surface area contributed by atoms with Crippen LogP contribution in [-0.2, 0) is 11.2 Å². The molecule has 5 rings (SSSR count). The van der Waals surface area contributed by atoms with Gasteiger partial charge in [0.25, 0.3) is 11.5 Å². The monoisotopic (exact) mass is 577 g/mol. The molecule has 1 saturated heterocycles. The van der Waals surface area contributed by atoms with Crippen LogP contribution < -0.4 is 19.8 Å². The van der Waals surface area contributed by atoms with Crippen molar-refractivity contribution in [2.75, 3.05) is 20.8 Å². The Morgan fingerprint density at radius 3 is 2.52 bits per heavy atom. The van der Waals surface area contributed by atoms with Crippen molar-refractivity contribution >= 4 is 45.9 Å². The molecule has 204 valence electrons. The number of aromatic nitrogens is 2. The Kier molecular flexibility index (Phi) is 7.85. The molecule has 40 heavy (non-hydrogen) atoms. The second kappa shape index (κ2) is 11.5. The number of hydrogen-bond acceptors (Lipinski definition) is 8. The Morgan fingerprint density at radius 2 is 1.80 bits per heavy atom. The quantitative estimate of drug-likeness (QED) is 0.204. The Balaban J connectivity index is 1.47. The molecule has 0 spiro atoms. The highest BCUT2D eigenvalue weighted by molar-refractivity contribution is 8.26. The maximum atomic E-state index is 13.6. The van der Waals surface area contributed by atoms with Crippen molar-refractivity contribution in [2.45, 2.75) is 13.3 Å². The first kappa shape index (κ1) is 27.4. The van der Waals surface area contributed by atoms with Gasteiger partial charge in [0.2, 0.25) is 5.88 Å². The second-order valence-electron chi connectivity index (χ2n) is 8.85. The highest BCUT2D eigenvalue weighted by atomic mass is 32.2. The fraction of sp³-hybridized carbons (Fsp3) is 0.172. The van der Waals surface area contributed by atoms with Crippen LogP contribution in [0.1, 0.15) is 16.7 Å². The Labute approximate surface area is 239 Å². The predicted molar refractivity (Wildman–Crippen MR) is 156 cm³/mol. The molecule has 2 aromatic carbocycles. The molecule has 1 amide bonds. The SMILES string of the molecule is COc1ccc(CCN2C(=O)/C(=C\c3c(Oc4ccc(F)cc4)nc4c(C)cccn4c3=O)SC2=S)cc1OC. The fourth-order valence-corrected chi connectivity index (χ4v) is 5.50. The van der Waals surface area contributed by atoms with Gasteiger partial charge in [-0.1, -0.05) is 36.1 Å². The zero-order chi connectivity index (χ0) is 28.4. The van der Waals surface area contributed by atoms with Gasteiger partial charge in [-0.25, -0.2) is 4.39 Å². The van der Waals surface area contributed by atoms with Crippen LogP contribution in [0.15, 0.2) is 70.5 Å². The van der Waals surface area contributed by atoms with Gasteiger partial charge in [0, 0.05) is 12.7 Å². The number of thioether (sulfide) groups is 1. The van der Waals surface area contributed by atoms with E-state index in [2.05, 4.69) is 4.98 Å². The van der Waals surface area contributed by atoms with Gasteiger partial charge in [-0.15, -0.1) is 0 Å². The Morgan fingerprint density at radius 1 is 1.05 bits per heavy atom. The highest BCUT2D eigenvalue weighted by Crippen LogP contribution is 2.35. The molecule has 0 aliphatic carbocycles. The Bertz CT molecular complexity index is 1720. The summed E-state index contributed by atoms with van der Waals surface area (Å²) in [6.07, 6.45) is 3.59. The molecular formula is C29H24FN3O5S2. The molecule has 1 aliphatic heterocycles. The van der Waals surface area contributed by atoms with Gasteiger partial charge in [-0.05, 0) is 73.0 Å². The van der Waals surface area contributed by atoms with E-state index in [1.165, 1.54) is 39.6 Å². The molecule has 3 heterocycles. The summed E-state index contributed by atoms with van der Waals surface area (Å²) in [6, 6.07) is 14.5. The van der Waals surface area contributed by atoms with E-state index in [4.69, 9.17) is 26.4 Å². The lowest BCUT2D eigenvalue weighted by atomic mass is 10.1. The number of benzene rings is 2. The van der Waals surface area contributed by atoms with Crippen LogP contribution in [0.2, 0.25) is 0 Å². The van der Waals surface area contributed by atoms with Crippen molar-refractivity contribution in [1.29, 1.82) is 0 Å². The van der Waals surface area contributed by atoms with Crippen LogP contribution in [0.5, 0.6) is 23.1 Å². The summed E-state index contributed by atoms with van der Waals surface area (Å²) in [5.74, 6) is 0.760. The number of halogens is 1. The van der Waals surface area contributed by atoms with Crippen molar-refractivity contribution in [2.24, 2.45) is 0 Å². The molecule has 0 unspecified atom stereocenters. The number of amides is 1. The second-order valence-corrected chi connectivity index (χ2v) is 10.5. The molecule has 4 aromatic rings. The summed E-state index contributed by atoms with van der Waals surface area (Å²) in [5, 5.41) is 0. The number of hydrogen-bond donors (Lipinski definition) is 0. The molecule has 0 bridgehead atoms. The number of nitrogens with zero attached hydrogens (tertiary/aromatic N) is 3. The number of pyridine rings is 1. The van der Waals surface area contributed by atoms with E-state index in [0.717, 1.165) is 22.9 Å². The molecule has 0 saturated carbocycles. The van der Waals surface area contributed by atoms with Gasteiger partial charge in [-0.2, -0.15) is 4.98 Å². The number of methoxy groups -OCH3 is 2. The van der Waals surface area contributed by atoms with E-state index in [1.807, 2.05) is 31.2 Å². The number of carbonyl (C=O) groups excluding carboxylic acids is 1. The van der Waals surface area contributed by atoms with E-state index in [-0.39, 0.29) is 22.3 Å². The molecule has 1 aliphatic rings. The standard InChI is InChI=1S/C29H24FN3O5S2/c1-17-5-4-13-32-25(17)31-26(38-20-9-7-19(30)8-10-20)21(27(32)34)16-24-28(35)33(29(39)40-24)14-12-18-6-11-22(36-2)23(15-18)37-3/h4-11,13,15-16H,12,14H2,1-3H3/b24-16+. The van der Waals surface area contributed by atoms with Crippen molar-refractivity contribution in [3.05, 3.63) is 98.6 Å². The summed E-state index contributed by atoms with van der Waals surface area (Å²) in [6.45, 7) is 2.16. The summed E-state index contributed by atoms with van der Waals surface area (Å²) in [5.41, 5.74) is 1.77. The van der Waals surface area contributed by atoms with Crippen molar-refractivity contribution in [3.63, 3.8) is 0 Å². The molecule has 0 N–H and O–H groups in total. The zero-order valence-corrected chi connectivity index (χ0v) is 23.5. The van der Waals surface area contributed by atoms with Crippen LogP contribution in [0, 0.1) is 12.7 Å². The minimum Gasteiger partial charge on any atom is -0.493 e. The van der Waals surface area contributed by atoms with Crippen molar-refractivity contribution < 1.29 is 23.4 Å². The first-order chi connectivity index (χ1) is 19.3. The molecule has 8 nitrogen and oxygen atoms in total. The van der Waals surface area contributed by atoms with Gasteiger partial charge >= 0.3 is 0 Å². The average Bonchev–Trinajstić information content (AvgIpc) is 3.22. The van der Waals surface area contributed by atoms with Gasteiger partial charge in [-0.3, -0.25) is 18.9 Å². The van der Waals surface area contributed by atoms with Gasteiger partial charge in [0.05, 0.1) is 19.1 Å². The van der Waals surface area contributed by atoms with Gasteiger partial charge in [0.15, 0.2) is 11.5 Å². The number of carbonyl (C=O) groups is 1. The van der Waals surface area contributed by atoms with Crippen LogP contribution >= 0.6 is 24.0 Å². The van der Waals surface area contributed by atoms with E-state index in [9.17, 15) is 14.0 Å². The summed E-state index contributed by atoms with van der Waals surface area (Å²) in [7, 11) is 3.13. The summed E-state index contributed by atoms with van der Waals surface area (Å²) >= 11 is 6.61. The van der Waals surface area contributed by atoms with E-state index >= 15 is 0 Å². The van der Waals surface area contributed by atoms with Crippen LogP contribution in [0.3, 0.4) is 0 Å². The Hall–Kier alpha value is -4.22. The third-order valence-electron chi connectivity index (χ3n) is 6.30. The molecule has 11 heteroatoms. The maximum absolute atomic E-state index is 13.6. The summed E-state index contributed by atoms with van der Waals surface area (Å²) < 4.78 is 31.8. The maximum Gasteiger partial charge on any atom is 0.269 e. The lowest BCUT2D eigenvalue weighted by Crippen LogP contribution is -2.30. The van der Waals surface area contributed by atoms with E-state index in [0.29, 0.717) is 40.2 Å². The van der Waals surface area contributed by atoms with E-state index in [1.54, 1.807) is 26.5 Å². The molecule has 0 radical (unpaired) electrons. The van der Waals surface area contributed by atoms with Crippen LogP contribution in [0.25, 0.3) is 11.7 Å². The first-order valence-corrected chi connectivity index (χ1v) is 13.4. The smallest absolute Gasteiger partial charge is 0.269 e. The summed E-state index contributed by atoms with van der Waals surface area (Å²) in [4.78, 5) is 33.3. The normalized spacial score (nSPS) is 14.3. The lowest BCUT2D eigenvalue weighted by Gasteiger charge is -2.15. The minimum absolute atomic E-state index is 0.00139. The van der Waals surface area contributed by atoms with Gasteiger partial charge < -0.3 is 14.2 Å². The topological polar surface area (TPSA) is 82.4 Å². The van der Waals surface area contributed by atoms with Crippen LogP contribution in [-0.4, -0.2) is 45.3 Å². The average molecular weight is 578 g/mol. The van der Waals surface area contributed by atoms with Gasteiger partial charge in [0.1, 0.15) is 27.1 Å². The number of ether oxygens (including phenoxy) is 3. The van der Waals surface area contributed by atoms with Crippen molar-refractivity contribution in [3.8, 4) is 23.1 Å². The predicted octanol–water partition coefficient (Wildman–Crippen LogP) is 5.40. The van der Waals surface area contributed by atoms with E-state index < -0.39 is 11.4 Å². The number of rotatable bonds is 8. The first-order valence-electron chi connectivity index (χ1n) is 12.2. The number of thiocarbonyl (C=S) groups is 1. The lowest BCUT2D eigenvalue weighted by molar-refractivity contribution is -0.122. The third-order valence-corrected chi connectivity index (χ3v) is 7.68. The number of aryl methyl sites for hydroxylation is 1. The molecule has 2 aromatic heterocycles. The number of fused-ring (bicyclic) bond motifs is 1. The van der Waals surface area contributed by atoms with Crippen LogP contribution in [0.4, 0.5) is 4.39 Å². The molecule has 0 atom stereocenters. The molecular weight excluding hydrogens is 553 g/mol. The molecule has 1 fully saturated rings. The zero-order valence-electron chi connectivity index (χ0n) is 21.8. The van der Waals surface area contributed by atoms with Crippen molar-refractivity contribution in [1.82, 2.24) is 14.3 Å². The fourth-order valence-electron chi connectivity index (χ4n) is 4.21. The highest BCUT2D eigenvalue weighted by Gasteiger charge is 2.32.